The van der Waals surface area contributed by atoms with Crippen molar-refractivity contribution in [3.8, 4) is 6.07 Å². The van der Waals surface area contributed by atoms with Crippen LogP contribution in [0.2, 0.25) is 0 Å². The molecule has 2 aromatic rings. The topological polar surface area (TPSA) is 103 Å². The lowest BCUT2D eigenvalue weighted by Gasteiger charge is -2.27. The quantitative estimate of drug-likeness (QED) is 0.619. The van der Waals surface area contributed by atoms with Crippen LogP contribution in [-0.2, 0) is 4.79 Å². The second kappa shape index (κ2) is 9.17. The Labute approximate surface area is 169 Å². The molecular weight excluding hydrogens is 370 g/mol. The van der Waals surface area contributed by atoms with Gasteiger partial charge in [-0.05, 0) is 31.5 Å². The molecule has 1 saturated heterocycles. The van der Waals surface area contributed by atoms with Gasteiger partial charge in [0.1, 0.15) is 11.8 Å². The highest BCUT2D eigenvalue weighted by atomic mass is 16.6. The minimum Gasteiger partial charge on any atom is -0.369 e. The smallest absolute Gasteiger partial charge is 0.292 e. The van der Waals surface area contributed by atoms with Crippen LogP contribution in [0.25, 0.3) is 0 Å². The zero-order valence-corrected chi connectivity index (χ0v) is 16.2. The molecule has 0 bridgehead atoms. The molecule has 150 valence electrons. The van der Waals surface area contributed by atoms with Crippen molar-refractivity contribution in [2.24, 2.45) is 0 Å². The summed E-state index contributed by atoms with van der Waals surface area (Å²) >= 11 is 0. The Morgan fingerprint density at radius 3 is 2.62 bits per heavy atom. The fraction of sp³-hybridized carbons (Fsp3) is 0.333. The monoisotopic (exact) mass is 393 g/mol. The number of para-hydroxylation sites is 3. The van der Waals surface area contributed by atoms with E-state index in [2.05, 4.69) is 21.2 Å². The second-order valence-corrected chi connectivity index (χ2v) is 6.95. The van der Waals surface area contributed by atoms with Crippen molar-refractivity contribution >= 4 is 23.0 Å². The number of amides is 1. The highest BCUT2D eigenvalue weighted by Gasteiger charge is 2.26. The molecule has 1 amide bonds. The van der Waals surface area contributed by atoms with Crippen molar-refractivity contribution in [3.63, 3.8) is 0 Å². The van der Waals surface area contributed by atoms with Gasteiger partial charge in [-0.3, -0.25) is 19.8 Å². The largest absolute Gasteiger partial charge is 0.369 e. The van der Waals surface area contributed by atoms with Crippen molar-refractivity contribution in [1.29, 1.82) is 5.26 Å². The predicted molar refractivity (Wildman–Crippen MR) is 111 cm³/mol. The van der Waals surface area contributed by atoms with Crippen LogP contribution in [0.4, 0.5) is 17.1 Å². The summed E-state index contributed by atoms with van der Waals surface area (Å²) in [7, 11) is 0. The number of rotatable bonds is 5. The molecule has 1 aliphatic heterocycles. The minimum absolute atomic E-state index is 0.122. The van der Waals surface area contributed by atoms with E-state index in [-0.39, 0.29) is 17.3 Å². The zero-order chi connectivity index (χ0) is 20.8. The van der Waals surface area contributed by atoms with Gasteiger partial charge in [-0.1, -0.05) is 24.3 Å². The number of carbonyl (C=O) groups excluding carboxylic acids is 1. The Morgan fingerprint density at radius 2 is 1.86 bits per heavy atom. The number of benzene rings is 2. The molecule has 1 heterocycles. The van der Waals surface area contributed by atoms with E-state index >= 15 is 0 Å². The summed E-state index contributed by atoms with van der Waals surface area (Å²) in [5, 5.41) is 23.2. The van der Waals surface area contributed by atoms with Gasteiger partial charge in [0.2, 0.25) is 5.91 Å². The number of anilines is 2. The number of nitriles is 1. The Balaban J connectivity index is 1.66. The summed E-state index contributed by atoms with van der Waals surface area (Å²) in [6.07, 6.45) is 0.850. The normalized spacial score (nSPS) is 15.8. The molecule has 0 aliphatic carbocycles. The molecule has 0 radical (unpaired) electrons. The number of nitro groups is 1. The molecular formula is C21H23N5O3. The SMILES string of the molecule is CC(C(=O)Nc1ccccc1[N+](=O)[O-])N1CCCN(c2ccccc2C#N)CC1. The summed E-state index contributed by atoms with van der Waals surface area (Å²) < 4.78 is 0. The van der Waals surface area contributed by atoms with Crippen molar-refractivity contribution in [2.75, 3.05) is 36.4 Å². The van der Waals surface area contributed by atoms with Crippen LogP contribution in [0, 0.1) is 21.4 Å². The molecule has 0 aromatic heterocycles. The molecule has 8 nitrogen and oxygen atoms in total. The molecule has 1 fully saturated rings. The van der Waals surface area contributed by atoms with Gasteiger partial charge in [0.15, 0.2) is 0 Å². The van der Waals surface area contributed by atoms with E-state index in [1.54, 1.807) is 18.2 Å². The van der Waals surface area contributed by atoms with Crippen LogP contribution in [0.15, 0.2) is 48.5 Å². The number of nitrogens with one attached hydrogen (secondary N) is 1. The van der Waals surface area contributed by atoms with Gasteiger partial charge < -0.3 is 10.2 Å². The van der Waals surface area contributed by atoms with Crippen LogP contribution < -0.4 is 10.2 Å². The van der Waals surface area contributed by atoms with Crippen LogP contribution in [0.3, 0.4) is 0 Å². The standard InChI is InChI=1S/C21H23N5O3/c1-16(21(27)23-18-8-3-5-10-20(18)26(28)29)24-11-6-12-25(14-13-24)19-9-4-2-7-17(19)15-22/h2-5,7-10,16H,6,11-14H2,1H3,(H,23,27). The van der Waals surface area contributed by atoms with Gasteiger partial charge in [-0.25, -0.2) is 0 Å². The number of nitro benzene ring substituents is 1. The van der Waals surface area contributed by atoms with E-state index in [0.717, 1.165) is 25.2 Å². The fourth-order valence-electron chi connectivity index (χ4n) is 3.55. The minimum atomic E-state index is -0.503. The highest BCUT2D eigenvalue weighted by Crippen LogP contribution is 2.24. The number of hydrogen-bond acceptors (Lipinski definition) is 6. The molecule has 29 heavy (non-hydrogen) atoms. The Bertz CT molecular complexity index is 940. The molecule has 8 heteroatoms. The lowest BCUT2D eigenvalue weighted by Crippen LogP contribution is -2.44. The average molecular weight is 393 g/mol. The highest BCUT2D eigenvalue weighted by molar-refractivity contribution is 5.96. The van der Waals surface area contributed by atoms with Crippen LogP contribution in [0.5, 0.6) is 0 Å². The summed E-state index contributed by atoms with van der Waals surface area (Å²) in [5.41, 5.74) is 1.63. The van der Waals surface area contributed by atoms with E-state index in [1.165, 1.54) is 12.1 Å². The molecule has 0 saturated carbocycles. The zero-order valence-electron chi connectivity index (χ0n) is 16.2. The molecule has 1 aliphatic rings. The van der Waals surface area contributed by atoms with E-state index < -0.39 is 11.0 Å². The first-order chi connectivity index (χ1) is 14.0. The summed E-state index contributed by atoms with van der Waals surface area (Å²) in [4.78, 5) is 27.6. The second-order valence-electron chi connectivity index (χ2n) is 6.95. The molecule has 0 spiro atoms. The van der Waals surface area contributed by atoms with Gasteiger partial charge >= 0.3 is 0 Å². The van der Waals surface area contributed by atoms with Crippen LogP contribution in [0.1, 0.15) is 18.9 Å². The molecule has 3 rings (SSSR count). The third-order valence-corrected chi connectivity index (χ3v) is 5.18. The maximum atomic E-state index is 12.7. The van der Waals surface area contributed by atoms with E-state index in [9.17, 15) is 20.2 Å². The molecule has 2 aromatic carbocycles. The van der Waals surface area contributed by atoms with Gasteiger partial charge in [0.25, 0.3) is 5.69 Å². The van der Waals surface area contributed by atoms with Gasteiger partial charge in [0, 0.05) is 32.2 Å². The summed E-state index contributed by atoms with van der Waals surface area (Å²) in [6.45, 7) is 4.69. The summed E-state index contributed by atoms with van der Waals surface area (Å²) in [5.74, 6) is -0.273. The first-order valence-electron chi connectivity index (χ1n) is 9.53. The fourth-order valence-corrected chi connectivity index (χ4v) is 3.55. The number of carbonyl (C=O) groups is 1. The lowest BCUT2D eigenvalue weighted by atomic mass is 10.1. The van der Waals surface area contributed by atoms with Crippen molar-refractivity contribution in [3.05, 3.63) is 64.2 Å². The van der Waals surface area contributed by atoms with Gasteiger partial charge in [-0.15, -0.1) is 0 Å². The van der Waals surface area contributed by atoms with Gasteiger partial charge in [-0.2, -0.15) is 5.26 Å². The Morgan fingerprint density at radius 1 is 1.14 bits per heavy atom. The van der Waals surface area contributed by atoms with Crippen LogP contribution in [-0.4, -0.2) is 48.0 Å². The maximum absolute atomic E-state index is 12.7. The van der Waals surface area contributed by atoms with Crippen molar-refractivity contribution < 1.29 is 9.72 Å². The Kier molecular flexibility index (Phi) is 6.42. The predicted octanol–water partition coefficient (Wildman–Crippen LogP) is 3.01. The lowest BCUT2D eigenvalue weighted by molar-refractivity contribution is -0.383. The van der Waals surface area contributed by atoms with Crippen LogP contribution >= 0.6 is 0 Å². The molecule has 1 atom stereocenters. The first kappa shape index (κ1) is 20.3. The average Bonchev–Trinajstić information content (AvgIpc) is 2.99. The van der Waals surface area contributed by atoms with Crippen molar-refractivity contribution in [1.82, 2.24) is 4.90 Å². The summed E-state index contributed by atoms with van der Waals surface area (Å²) in [6, 6.07) is 15.5. The van der Waals surface area contributed by atoms with Gasteiger partial charge in [0.05, 0.1) is 22.2 Å². The molecule has 1 unspecified atom stereocenters. The van der Waals surface area contributed by atoms with E-state index in [4.69, 9.17) is 0 Å². The van der Waals surface area contributed by atoms with Crippen molar-refractivity contribution in [2.45, 2.75) is 19.4 Å². The number of hydrogen-bond donors (Lipinski definition) is 1. The first-order valence-corrected chi connectivity index (χ1v) is 9.53. The maximum Gasteiger partial charge on any atom is 0.292 e. The molecule has 1 N–H and O–H groups in total. The number of nitrogens with zero attached hydrogens (tertiary/aromatic N) is 4. The van der Waals surface area contributed by atoms with E-state index in [0.29, 0.717) is 18.7 Å². The third kappa shape index (κ3) is 4.70. The van der Waals surface area contributed by atoms with E-state index in [1.807, 2.05) is 25.1 Å². The Hall–Kier alpha value is -3.44. The third-order valence-electron chi connectivity index (χ3n) is 5.18.